The van der Waals surface area contributed by atoms with Gasteiger partial charge in [-0.3, -0.25) is 4.79 Å². The fourth-order valence-electron chi connectivity index (χ4n) is 3.50. The Morgan fingerprint density at radius 2 is 2.16 bits per heavy atom. The number of carbonyl (C=O) groups excluding carboxylic acids is 1. The predicted octanol–water partition coefficient (Wildman–Crippen LogP) is 3.17. The van der Waals surface area contributed by atoms with Gasteiger partial charge < -0.3 is 10.6 Å². The molecule has 1 fully saturated rings. The molecule has 0 spiro atoms. The first-order valence-corrected chi connectivity index (χ1v) is 10.1. The molecule has 0 bridgehead atoms. The number of nitrogens with zero attached hydrogens (tertiary/aromatic N) is 3. The zero-order valence-electron chi connectivity index (χ0n) is 14.9. The number of hydrogen-bond acceptors (Lipinski definition) is 5. The standard InChI is InChI=1S/C18H27N5OS/c1-3-13(4-2)17(16-6-5-11-25-16)20-18(24)15-12-23(22-21-15)14-7-9-19-10-8-14/h5-6,11-14,17,19H,3-4,7-10H2,1-2H3,(H,20,24). The molecule has 7 heteroatoms. The van der Waals surface area contributed by atoms with Crippen LogP contribution in [0.5, 0.6) is 0 Å². The normalized spacial score (nSPS) is 16.9. The second-order valence-electron chi connectivity index (χ2n) is 6.61. The average Bonchev–Trinajstić information content (AvgIpc) is 3.34. The van der Waals surface area contributed by atoms with Crippen molar-refractivity contribution in [2.45, 2.75) is 51.6 Å². The highest BCUT2D eigenvalue weighted by Crippen LogP contribution is 2.30. The second kappa shape index (κ2) is 8.58. The van der Waals surface area contributed by atoms with Crippen molar-refractivity contribution < 1.29 is 4.79 Å². The maximum absolute atomic E-state index is 12.7. The van der Waals surface area contributed by atoms with Gasteiger partial charge in [0.25, 0.3) is 5.91 Å². The molecule has 6 nitrogen and oxygen atoms in total. The van der Waals surface area contributed by atoms with Crippen LogP contribution in [-0.4, -0.2) is 34.0 Å². The summed E-state index contributed by atoms with van der Waals surface area (Å²) in [6.45, 7) is 6.32. The van der Waals surface area contributed by atoms with E-state index < -0.39 is 0 Å². The molecule has 1 unspecified atom stereocenters. The van der Waals surface area contributed by atoms with Crippen LogP contribution in [0.15, 0.2) is 23.7 Å². The molecular formula is C18H27N5OS. The summed E-state index contributed by atoms with van der Waals surface area (Å²) < 4.78 is 1.85. The molecule has 1 aliphatic heterocycles. The van der Waals surface area contributed by atoms with Gasteiger partial charge in [-0.2, -0.15) is 0 Å². The zero-order valence-corrected chi connectivity index (χ0v) is 15.8. The summed E-state index contributed by atoms with van der Waals surface area (Å²) in [5.74, 6) is 0.285. The van der Waals surface area contributed by atoms with E-state index in [-0.39, 0.29) is 11.9 Å². The average molecular weight is 362 g/mol. The smallest absolute Gasteiger partial charge is 0.273 e. The Morgan fingerprint density at radius 3 is 2.80 bits per heavy atom. The van der Waals surface area contributed by atoms with Crippen molar-refractivity contribution in [3.8, 4) is 0 Å². The molecular weight excluding hydrogens is 334 g/mol. The number of aromatic nitrogens is 3. The molecule has 25 heavy (non-hydrogen) atoms. The third-order valence-electron chi connectivity index (χ3n) is 5.08. The van der Waals surface area contributed by atoms with Gasteiger partial charge in [0.1, 0.15) is 0 Å². The molecule has 0 aromatic carbocycles. The van der Waals surface area contributed by atoms with E-state index in [2.05, 4.69) is 46.2 Å². The monoisotopic (exact) mass is 361 g/mol. The lowest BCUT2D eigenvalue weighted by Crippen LogP contribution is -2.33. The van der Waals surface area contributed by atoms with Gasteiger partial charge in [0.05, 0.1) is 18.3 Å². The number of amides is 1. The van der Waals surface area contributed by atoms with Crippen LogP contribution in [0.25, 0.3) is 0 Å². The van der Waals surface area contributed by atoms with Crippen molar-refractivity contribution in [1.29, 1.82) is 0 Å². The summed E-state index contributed by atoms with van der Waals surface area (Å²) in [6.07, 6.45) is 5.90. The van der Waals surface area contributed by atoms with Crippen LogP contribution in [0.2, 0.25) is 0 Å². The minimum absolute atomic E-state index is 0.0338. The summed E-state index contributed by atoms with van der Waals surface area (Å²) in [7, 11) is 0. The third-order valence-corrected chi connectivity index (χ3v) is 6.04. The van der Waals surface area contributed by atoms with E-state index in [1.54, 1.807) is 17.5 Å². The van der Waals surface area contributed by atoms with Crippen molar-refractivity contribution in [2.75, 3.05) is 13.1 Å². The first-order chi connectivity index (χ1) is 12.2. The van der Waals surface area contributed by atoms with E-state index in [0.717, 1.165) is 38.8 Å². The number of hydrogen-bond donors (Lipinski definition) is 2. The van der Waals surface area contributed by atoms with E-state index in [4.69, 9.17) is 0 Å². The van der Waals surface area contributed by atoms with Gasteiger partial charge in [0.2, 0.25) is 0 Å². The second-order valence-corrected chi connectivity index (χ2v) is 7.59. The van der Waals surface area contributed by atoms with Gasteiger partial charge in [-0.05, 0) is 43.3 Å². The van der Waals surface area contributed by atoms with Gasteiger partial charge >= 0.3 is 0 Å². The molecule has 136 valence electrons. The fraction of sp³-hybridized carbons (Fsp3) is 0.611. The van der Waals surface area contributed by atoms with Gasteiger partial charge in [0, 0.05) is 4.88 Å². The topological polar surface area (TPSA) is 71.8 Å². The SMILES string of the molecule is CCC(CC)C(NC(=O)c1cn(C2CCNCC2)nn1)c1cccs1. The summed E-state index contributed by atoms with van der Waals surface area (Å²) in [5, 5.41) is 16.9. The van der Waals surface area contributed by atoms with Gasteiger partial charge in [-0.1, -0.05) is 38.0 Å². The molecule has 1 saturated heterocycles. The lowest BCUT2D eigenvalue weighted by Gasteiger charge is -2.25. The highest BCUT2D eigenvalue weighted by Gasteiger charge is 2.25. The van der Waals surface area contributed by atoms with Crippen LogP contribution in [0.1, 0.15) is 67.0 Å². The Labute approximate surface area is 153 Å². The van der Waals surface area contributed by atoms with Crippen LogP contribution < -0.4 is 10.6 Å². The Balaban J connectivity index is 1.72. The molecule has 1 atom stereocenters. The van der Waals surface area contributed by atoms with E-state index >= 15 is 0 Å². The first-order valence-electron chi connectivity index (χ1n) is 9.19. The van der Waals surface area contributed by atoms with Crippen molar-refractivity contribution in [1.82, 2.24) is 25.6 Å². The highest BCUT2D eigenvalue weighted by atomic mass is 32.1. The predicted molar refractivity (Wildman–Crippen MR) is 99.8 cm³/mol. The van der Waals surface area contributed by atoms with E-state index in [1.165, 1.54) is 4.88 Å². The number of rotatable bonds is 7. The van der Waals surface area contributed by atoms with Crippen LogP contribution in [0.4, 0.5) is 0 Å². The van der Waals surface area contributed by atoms with Crippen LogP contribution in [-0.2, 0) is 0 Å². The molecule has 3 rings (SSSR count). The first kappa shape index (κ1) is 18.1. The number of nitrogens with one attached hydrogen (secondary N) is 2. The molecule has 2 aromatic rings. The van der Waals surface area contributed by atoms with Gasteiger partial charge in [-0.25, -0.2) is 4.68 Å². The van der Waals surface area contributed by atoms with E-state index in [9.17, 15) is 4.79 Å². The van der Waals surface area contributed by atoms with E-state index in [0.29, 0.717) is 17.7 Å². The quantitative estimate of drug-likeness (QED) is 0.794. The number of thiophene rings is 1. The Bertz CT molecular complexity index is 659. The summed E-state index contributed by atoms with van der Waals surface area (Å²) in [6, 6.07) is 4.50. The lowest BCUT2D eigenvalue weighted by molar-refractivity contribution is 0.0915. The third kappa shape index (κ3) is 4.27. The van der Waals surface area contributed by atoms with Gasteiger partial charge in [0.15, 0.2) is 5.69 Å². The Hall–Kier alpha value is -1.73. The Morgan fingerprint density at radius 1 is 1.40 bits per heavy atom. The van der Waals surface area contributed by atoms with Crippen LogP contribution in [0, 0.1) is 5.92 Å². The molecule has 3 heterocycles. The number of piperidine rings is 1. The molecule has 1 aliphatic rings. The van der Waals surface area contributed by atoms with Crippen molar-refractivity contribution in [3.05, 3.63) is 34.3 Å². The van der Waals surface area contributed by atoms with Crippen LogP contribution >= 0.6 is 11.3 Å². The molecule has 2 aromatic heterocycles. The summed E-state index contributed by atoms with van der Waals surface area (Å²) in [4.78, 5) is 13.9. The maximum Gasteiger partial charge on any atom is 0.273 e. The molecule has 0 aliphatic carbocycles. The maximum atomic E-state index is 12.7. The molecule has 1 amide bonds. The minimum atomic E-state index is -0.134. The van der Waals surface area contributed by atoms with Crippen molar-refractivity contribution in [2.24, 2.45) is 5.92 Å². The van der Waals surface area contributed by atoms with Gasteiger partial charge in [-0.15, -0.1) is 16.4 Å². The molecule has 0 saturated carbocycles. The number of carbonyl (C=O) groups is 1. The lowest BCUT2D eigenvalue weighted by atomic mass is 9.93. The fourth-order valence-corrected chi connectivity index (χ4v) is 4.36. The summed E-state index contributed by atoms with van der Waals surface area (Å²) >= 11 is 1.69. The van der Waals surface area contributed by atoms with Crippen molar-refractivity contribution >= 4 is 17.2 Å². The van der Waals surface area contributed by atoms with Crippen LogP contribution in [0.3, 0.4) is 0 Å². The summed E-state index contributed by atoms with van der Waals surface area (Å²) in [5.41, 5.74) is 0.408. The van der Waals surface area contributed by atoms with Crippen molar-refractivity contribution in [3.63, 3.8) is 0 Å². The largest absolute Gasteiger partial charge is 0.343 e. The highest BCUT2D eigenvalue weighted by molar-refractivity contribution is 7.10. The zero-order chi connectivity index (χ0) is 17.6. The molecule has 2 N–H and O–H groups in total. The minimum Gasteiger partial charge on any atom is -0.343 e. The van der Waals surface area contributed by atoms with E-state index in [1.807, 2.05) is 10.7 Å². The Kier molecular flexibility index (Phi) is 6.20. The molecule has 0 radical (unpaired) electrons.